The van der Waals surface area contributed by atoms with Gasteiger partial charge in [0.25, 0.3) is 0 Å². The Bertz CT molecular complexity index is 998. The Balaban J connectivity index is 1.82. The van der Waals surface area contributed by atoms with Crippen LogP contribution in [0.15, 0.2) is 18.2 Å². The standard InChI is InChI=1S/C30H47N3O5/c1-19(2)13-25(18-34)31-27(35)23-14-24(16-32(15-23)29(37)38-30(5,6)7)28(36)33(26-11-12-26)17-22-10-8-9-20(3)21(22)4/h8-10,19,23-26,34H,11-18H2,1-7H3,(H,31,35)/t23-,24+,25?/m0/s1. The minimum absolute atomic E-state index is 0.0136. The molecule has 3 atom stereocenters. The zero-order chi connectivity index (χ0) is 28.2. The van der Waals surface area contributed by atoms with Crippen LogP contribution in [0.5, 0.6) is 0 Å². The van der Waals surface area contributed by atoms with Gasteiger partial charge in [0.2, 0.25) is 11.8 Å². The minimum atomic E-state index is -0.687. The molecule has 3 rings (SSSR count). The van der Waals surface area contributed by atoms with Crippen LogP contribution < -0.4 is 5.32 Å². The van der Waals surface area contributed by atoms with Gasteiger partial charge in [-0.25, -0.2) is 4.79 Å². The lowest BCUT2D eigenvalue weighted by molar-refractivity contribution is -0.140. The van der Waals surface area contributed by atoms with Crippen LogP contribution in [0.1, 0.15) is 77.0 Å². The number of hydrogen-bond donors (Lipinski definition) is 2. The highest BCUT2D eigenvalue weighted by atomic mass is 16.6. The lowest BCUT2D eigenvalue weighted by atomic mass is 9.87. The summed E-state index contributed by atoms with van der Waals surface area (Å²) < 4.78 is 5.62. The van der Waals surface area contributed by atoms with Crippen molar-refractivity contribution >= 4 is 17.9 Å². The van der Waals surface area contributed by atoms with E-state index in [4.69, 9.17) is 4.74 Å². The van der Waals surface area contributed by atoms with Crippen LogP contribution in [0.2, 0.25) is 0 Å². The Hall–Kier alpha value is -2.61. The van der Waals surface area contributed by atoms with Crippen LogP contribution in [-0.2, 0) is 20.9 Å². The van der Waals surface area contributed by atoms with E-state index in [-0.39, 0.29) is 43.6 Å². The predicted octanol–water partition coefficient (Wildman–Crippen LogP) is 4.19. The van der Waals surface area contributed by atoms with Gasteiger partial charge >= 0.3 is 6.09 Å². The lowest BCUT2D eigenvalue weighted by Crippen LogP contribution is -2.54. The van der Waals surface area contributed by atoms with Crippen molar-refractivity contribution in [3.05, 3.63) is 34.9 Å². The quantitative estimate of drug-likeness (QED) is 0.500. The van der Waals surface area contributed by atoms with Crippen LogP contribution in [0.25, 0.3) is 0 Å². The fourth-order valence-corrected chi connectivity index (χ4v) is 5.19. The smallest absolute Gasteiger partial charge is 0.410 e. The van der Waals surface area contributed by atoms with Crippen molar-refractivity contribution in [2.75, 3.05) is 19.7 Å². The monoisotopic (exact) mass is 529 g/mol. The molecule has 8 heteroatoms. The minimum Gasteiger partial charge on any atom is -0.444 e. The molecule has 2 aliphatic rings. The van der Waals surface area contributed by atoms with E-state index in [0.29, 0.717) is 25.3 Å². The first kappa shape index (κ1) is 29.9. The lowest BCUT2D eigenvalue weighted by Gasteiger charge is -2.39. The van der Waals surface area contributed by atoms with Crippen molar-refractivity contribution in [2.45, 2.75) is 98.4 Å². The number of hydrogen-bond acceptors (Lipinski definition) is 5. The van der Waals surface area contributed by atoms with Gasteiger partial charge in [-0.05, 0) is 82.9 Å². The van der Waals surface area contributed by atoms with Gasteiger partial charge in [-0.15, -0.1) is 0 Å². The number of amides is 3. The highest BCUT2D eigenvalue weighted by Gasteiger charge is 2.43. The number of aliphatic hydroxyl groups excluding tert-OH is 1. The molecule has 1 aliphatic carbocycles. The molecule has 0 radical (unpaired) electrons. The van der Waals surface area contributed by atoms with Crippen LogP contribution in [-0.4, -0.2) is 70.2 Å². The highest BCUT2D eigenvalue weighted by Crippen LogP contribution is 2.34. The van der Waals surface area contributed by atoms with E-state index in [1.165, 1.54) is 16.0 Å². The molecule has 0 aromatic heterocycles. The molecule has 1 aromatic carbocycles. The molecule has 2 N–H and O–H groups in total. The number of nitrogens with one attached hydrogen (secondary N) is 1. The summed E-state index contributed by atoms with van der Waals surface area (Å²) in [7, 11) is 0. The van der Waals surface area contributed by atoms with E-state index in [1.807, 2.05) is 24.8 Å². The average Bonchev–Trinajstić information content (AvgIpc) is 3.67. The maximum Gasteiger partial charge on any atom is 0.410 e. The second-order valence-corrected chi connectivity index (χ2v) is 12.6. The summed E-state index contributed by atoms with van der Waals surface area (Å²) in [5, 5.41) is 12.8. The Labute approximate surface area is 228 Å². The summed E-state index contributed by atoms with van der Waals surface area (Å²) in [5.41, 5.74) is 2.81. The summed E-state index contributed by atoms with van der Waals surface area (Å²) in [4.78, 5) is 43.9. The third-order valence-electron chi connectivity index (χ3n) is 7.47. The van der Waals surface area contributed by atoms with Gasteiger partial charge in [0.15, 0.2) is 0 Å². The van der Waals surface area contributed by atoms with Crippen molar-refractivity contribution in [1.82, 2.24) is 15.1 Å². The maximum absolute atomic E-state index is 14.0. The van der Waals surface area contributed by atoms with Gasteiger partial charge in [0.05, 0.1) is 24.5 Å². The van der Waals surface area contributed by atoms with E-state index >= 15 is 0 Å². The number of carbonyl (C=O) groups is 3. The molecule has 3 amide bonds. The largest absolute Gasteiger partial charge is 0.444 e. The number of aliphatic hydroxyl groups is 1. The second kappa shape index (κ2) is 12.5. The number of benzene rings is 1. The summed E-state index contributed by atoms with van der Waals surface area (Å²) in [6.07, 6.45) is 2.44. The van der Waals surface area contributed by atoms with Crippen molar-refractivity contribution in [3.8, 4) is 0 Å². The fraction of sp³-hybridized carbons (Fsp3) is 0.700. The zero-order valence-corrected chi connectivity index (χ0v) is 24.3. The number of rotatable bonds is 9. The third-order valence-corrected chi connectivity index (χ3v) is 7.47. The number of carbonyl (C=O) groups excluding carboxylic acids is 3. The third kappa shape index (κ3) is 8.19. The number of likely N-dealkylation sites (tertiary alicyclic amines) is 1. The van der Waals surface area contributed by atoms with Gasteiger partial charge in [-0.1, -0.05) is 32.0 Å². The molecule has 0 spiro atoms. The van der Waals surface area contributed by atoms with Crippen molar-refractivity contribution < 1.29 is 24.2 Å². The first-order valence-electron chi connectivity index (χ1n) is 14.0. The SMILES string of the molecule is Cc1cccc(CN(C(=O)[C@@H]2C[C@H](C(=O)NC(CO)CC(C)C)CN(C(=O)OC(C)(C)C)C2)C2CC2)c1C. The summed E-state index contributed by atoms with van der Waals surface area (Å²) in [6.45, 7) is 14.4. The molecule has 1 saturated carbocycles. The first-order valence-corrected chi connectivity index (χ1v) is 14.0. The Morgan fingerprint density at radius 3 is 2.37 bits per heavy atom. The molecule has 212 valence electrons. The van der Waals surface area contributed by atoms with E-state index in [1.54, 1.807) is 20.8 Å². The Morgan fingerprint density at radius 1 is 1.13 bits per heavy atom. The zero-order valence-electron chi connectivity index (χ0n) is 24.3. The molecular formula is C30H47N3O5. The number of aryl methyl sites for hydroxylation is 1. The van der Waals surface area contributed by atoms with E-state index in [9.17, 15) is 19.5 Å². The summed E-state index contributed by atoms with van der Waals surface area (Å²) in [5.74, 6) is -1.00. The van der Waals surface area contributed by atoms with Crippen molar-refractivity contribution in [2.24, 2.45) is 17.8 Å². The van der Waals surface area contributed by atoms with Crippen LogP contribution in [0, 0.1) is 31.6 Å². The van der Waals surface area contributed by atoms with Crippen LogP contribution in [0.4, 0.5) is 4.79 Å². The Morgan fingerprint density at radius 2 is 1.79 bits per heavy atom. The molecule has 8 nitrogen and oxygen atoms in total. The first-order chi connectivity index (χ1) is 17.8. The topological polar surface area (TPSA) is 99.2 Å². The van der Waals surface area contributed by atoms with E-state index < -0.39 is 23.5 Å². The molecule has 2 fully saturated rings. The van der Waals surface area contributed by atoms with Crippen molar-refractivity contribution in [1.29, 1.82) is 0 Å². The fourth-order valence-electron chi connectivity index (χ4n) is 5.19. The van der Waals surface area contributed by atoms with Gasteiger partial charge in [-0.3, -0.25) is 9.59 Å². The summed E-state index contributed by atoms with van der Waals surface area (Å²) >= 11 is 0. The van der Waals surface area contributed by atoms with Crippen LogP contribution in [0.3, 0.4) is 0 Å². The van der Waals surface area contributed by atoms with Gasteiger partial charge in [0.1, 0.15) is 5.60 Å². The van der Waals surface area contributed by atoms with E-state index in [2.05, 4.69) is 31.3 Å². The predicted molar refractivity (Wildman–Crippen MR) is 147 cm³/mol. The summed E-state index contributed by atoms with van der Waals surface area (Å²) in [6, 6.07) is 5.99. The second-order valence-electron chi connectivity index (χ2n) is 12.6. The molecule has 0 bridgehead atoms. The molecular weight excluding hydrogens is 482 g/mol. The molecule has 1 aromatic rings. The van der Waals surface area contributed by atoms with E-state index in [0.717, 1.165) is 18.4 Å². The molecule has 38 heavy (non-hydrogen) atoms. The molecule has 1 unspecified atom stereocenters. The van der Waals surface area contributed by atoms with Gasteiger partial charge in [-0.2, -0.15) is 0 Å². The van der Waals surface area contributed by atoms with Gasteiger partial charge < -0.3 is 25.0 Å². The maximum atomic E-state index is 14.0. The normalized spacial score (nSPS) is 20.7. The molecule has 1 aliphatic heterocycles. The number of piperidine rings is 1. The van der Waals surface area contributed by atoms with Crippen molar-refractivity contribution in [3.63, 3.8) is 0 Å². The Kier molecular flexibility index (Phi) is 9.85. The molecule has 1 saturated heterocycles. The van der Waals surface area contributed by atoms with Gasteiger partial charge in [0, 0.05) is 25.7 Å². The highest BCUT2D eigenvalue weighted by molar-refractivity contribution is 5.84. The molecule has 1 heterocycles. The number of nitrogens with zero attached hydrogens (tertiary/aromatic N) is 2. The number of ether oxygens (including phenoxy) is 1. The van der Waals surface area contributed by atoms with Crippen LogP contribution >= 0.6 is 0 Å². The average molecular weight is 530 g/mol.